The molecule has 37 atom stereocenters. The van der Waals surface area contributed by atoms with Crippen molar-refractivity contribution >= 4 is 5.97 Å². The molecule has 0 radical (unpaired) electrons. The molecule has 0 bridgehead atoms. The standard InChI is InChI=1S/C58H95NO29/c1-21-36-30(88-58(21)35(79-22(2)64)11-23(14-59-58)19-77-51-45(74)41(70)38(67)31(15-60)81-51)13-28-26-6-5-24-12-25(7-9-56(24,3)27(26)8-10-57(28,36)4)80-53-47(76)43(72)48(34(18-63)84-53)85-55-50(87-54-46(75)42(71)39(68)32(16-61)82-54)49(40(69)33(17-62)83-55)86-52-44(73)37(66)29(65)20-78-52/h21,23-55,59-63,65-76H,5-20H2,1-4H3/t21-,23-,24-,25-,26+,27-,28+,29+,30-,31+,32+,33+,34+,35+,36-,37-,38+,39+,40+,41-,42-,43+,44+,45+,46+,47+,48-,49-,50+,51+,52-,53+,54-,55-,56-,57-,58+/m0/s1. The molecule has 0 amide bonds. The predicted molar refractivity (Wildman–Crippen MR) is 289 cm³/mol. The fourth-order valence-electron chi connectivity index (χ4n) is 18.0. The average molecular weight is 1270 g/mol. The van der Waals surface area contributed by atoms with Crippen LogP contribution >= 0.6 is 0 Å². The van der Waals surface area contributed by atoms with Gasteiger partial charge in [0.05, 0.1) is 51.8 Å². The molecule has 506 valence electrons. The summed E-state index contributed by atoms with van der Waals surface area (Å²) >= 11 is 0. The first-order valence-electron chi connectivity index (χ1n) is 31.5. The summed E-state index contributed by atoms with van der Waals surface area (Å²) < 4.78 is 72.8. The third kappa shape index (κ3) is 12.1. The molecule has 0 unspecified atom stereocenters. The van der Waals surface area contributed by atoms with Crippen LogP contribution in [0.1, 0.15) is 85.5 Å². The molecule has 7 aliphatic heterocycles. The van der Waals surface area contributed by atoms with Crippen LogP contribution in [-0.4, -0.2) is 305 Å². The zero-order chi connectivity index (χ0) is 63.2. The molecular weight excluding hydrogens is 1170 g/mol. The van der Waals surface area contributed by atoms with E-state index in [1.54, 1.807) is 0 Å². The van der Waals surface area contributed by atoms with Crippen molar-refractivity contribution in [3.05, 3.63) is 0 Å². The number of ether oxygens (including phenoxy) is 12. The van der Waals surface area contributed by atoms with Gasteiger partial charge in [0.1, 0.15) is 122 Å². The van der Waals surface area contributed by atoms with E-state index in [1.165, 1.54) is 6.92 Å². The number of fused-ring (bicyclic) bond motifs is 7. The van der Waals surface area contributed by atoms with Gasteiger partial charge in [0, 0.05) is 19.4 Å². The SMILES string of the molecule is CC(=O)O[C@@H]1C[C@H](CO[C@@H]2O[C@H](CO)[C@@H](O)[C@H](O)[C@H]2O)CN[C@]12O[C@H]1C[C@@H]3[C@@H]4CC[C@H]5C[C@@H](O[C@@H]6O[C@H](CO)[C@H](O[C@@H]7O[C@H](CO)[C@@H](O)[C@H](O[C@@H]8OC[C@@H](O)[C@H](O)[C@H]8O)[C@H]7O[C@@H]7O[C@H](CO)[C@@H](O)[C@H](O)[C@H]7O)[C@H](O)[C@H]6O)CC[C@]5(C)[C@H]4CC[C@]3(C)[C@H]1[C@@H]2C. The average Bonchev–Trinajstić information content (AvgIpc) is 1.50. The van der Waals surface area contributed by atoms with E-state index >= 15 is 0 Å². The van der Waals surface area contributed by atoms with Crippen LogP contribution in [0.2, 0.25) is 0 Å². The van der Waals surface area contributed by atoms with Crippen LogP contribution in [-0.2, 0) is 61.6 Å². The Bertz CT molecular complexity index is 2330. The summed E-state index contributed by atoms with van der Waals surface area (Å²) in [4.78, 5) is 12.7. The topological polar surface area (TPSA) is 464 Å². The number of carbonyl (C=O) groups excluding carboxylic acids is 1. The van der Waals surface area contributed by atoms with Gasteiger partial charge < -0.3 is 139 Å². The summed E-state index contributed by atoms with van der Waals surface area (Å²) in [5, 5.41) is 175. The number of hydrogen-bond acceptors (Lipinski definition) is 30. The van der Waals surface area contributed by atoms with Gasteiger partial charge >= 0.3 is 5.97 Å². The van der Waals surface area contributed by atoms with Crippen LogP contribution in [0, 0.1) is 52.3 Å². The summed E-state index contributed by atoms with van der Waals surface area (Å²) in [7, 11) is 0. The lowest BCUT2D eigenvalue weighted by Crippen LogP contribution is -2.68. The lowest BCUT2D eigenvalue weighted by atomic mass is 9.44. The molecule has 7 heterocycles. The monoisotopic (exact) mass is 1270 g/mol. The van der Waals surface area contributed by atoms with E-state index in [9.17, 15) is 86.5 Å². The van der Waals surface area contributed by atoms with Gasteiger partial charge in [-0.1, -0.05) is 20.8 Å². The Morgan fingerprint density at radius 2 is 1.11 bits per heavy atom. The summed E-state index contributed by atoms with van der Waals surface area (Å²) in [5.41, 5.74) is -1.09. The lowest BCUT2D eigenvalue weighted by molar-refractivity contribution is -0.404. The van der Waals surface area contributed by atoms with Crippen LogP contribution < -0.4 is 5.32 Å². The summed E-state index contributed by atoms with van der Waals surface area (Å²) in [6.45, 7) is 5.16. The molecule has 17 N–H and O–H groups in total. The Kier molecular flexibility index (Phi) is 20.7. The molecule has 11 rings (SSSR count). The highest BCUT2D eigenvalue weighted by molar-refractivity contribution is 5.66. The van der Waals surface area contributed by atoms with E-state index in [0.717, 1.165) is 38.5 Å². The van der Waals surface area contributed by atoms with Gasteiger partial charge in [-0.2, -0.15) is 0 Å². The molecule has 0 aromatic carbocycles. The minimum absolute atomic E-state index is 0.0503. The highest BCUT2D eigenvalue weighted by atomic mass is 16.8. The van der Waals surface area contributed by atoms with E-state index in [4.69, 9.17) is 56.8 Å². The van der Waals surface area contributed by atoms with Gasteiger partial charge in [-0.3, -0.25) is 10.1 Å². The second kappa shape index (κ2) is 26.9. The highest BCUT2D eigenvalue weighted by Gasteiger charge is 2.71. The molecule has 0 aromatic heterocycles. The van der Waals surface area contributed by atoms with Gasteiger partial charge in [0.15, 0.2) is 37.2 Å². The van der Waals surface area contributed by atoms with Crippen molar-refractivity contribution in [3.8, 4) is 0 Å². The highest BCUT2D eigenvalue weighted by Crippen LogP contribution is 2.71. The third-order valence-electron chi connectivity index (χ3n) is 22.7. The van der Waals surface area contributed by atoms with Gasteiger partial charge in [-0.25, -0.2) is 0 Å². The molecule has 88 heavy (non-hydrogen) atoms. The molecule has 30 nitrogen and oxygen atoms in total. The number of aliphatic hydroxyl groups is 16. The third-order valence-corrected chi connectivity index (χ3v) is 22.7. The zero-order valence-electron chi connectivity index (χ0n) is 49.9. The number of piperidine rings is 1. The van der Waals surface area contributed by atoms with E-state index in [0.29, 0.717) is 43.6 Å². The zero-order valence-corrected chi connectivity index (χ0v) is 49.9. The molecular formula is C58H95NO29. The van der Waals surface area contributed by atoms with Crippen LogP contribution in [0.15, 0.2) is 0 Å². The Morgan fingerprint density at radius 3 is 1.78 bits per heavy atom. The maximum absolute atomic E-state index is 12.7. The van der Waals surface area contributed by atoms with Gasteiger partial charge in [0.2, 0.25) is 0 Å². The number of aliphatic hydroxyl groups excluding tert-OH is 16. The fraction of sp³-hybridized carbons (Fsp3) is 0.983. The Morgan fingerprint density at radius 1 is 0.545 bits per heavy atom. The smallest absolute Gasteiger partial charge is 0.303 e. The summed E-state index contributed by atoms with van der Waals surface area (Å²) in [6.07, 6.45) is -34.8. The number of carbonyl (C=O) groups is 1. The van der Waals surface area contributed by atoms with Crippen molar-refractivity contribution in [2.24, 2.45) is 52.3 Å². The van der Waals surface area contributed by atoms with Crippen LogP contribution in [0.5, 0.6) is 0 Å². The van der Waals surface area contributed by atoms with E-state index in [-0.39, 0.29) is 47.2 Å². The van der Waals surface area contributed by atoms with E-state index in [1.807, 2.05) is 0 Å². The van der Waals surface area contributed by atoms with Crippen molar-refractivity contribution < 1.29 is 143 Å². The van der Waals surface area contributed by atoms with Crippen LogP contribution in [0.25, 0.3) is 0 Å². The Balaban J connectivity index is 0.728. The quantitative estimate of drug-likeness (QED) is 0.0505. The van der Waals surface area contributed by atoms with E-state index < -0.39 is 204 Å². The fourth-order valence-corrected chi connectivity index (χ4v) is 18.0. The molecule has 4 aliphatic carbocycles. The maximum atomic E-state index is 12.7. The first-order valence-corrected chi connectivity index (χ1v) is 31.5. The number of esters is 1. The van der Waals surface area contributed by atoms with Crippen molar-refractivity contribution in [1.29, 1.82) is 0 Å². The lowest BCUT2D eigenvalue weighted by Gasteiger charge is -2.61. The molecule has 0 aromatic rings. The molecule has 30 heteroatoms. The minimum atomic E-state index is -2.03. The Hall–Kier alpha value is -1.65. The molecule has 7 saturated heterocycles. The normalized spacial score (nSPS) is 55.5. The second-order valence-corrected chi connectivity index (χ2v) is 27.5. The van der Waals surface area contributed by atoms with E-state index in [2.05, 4.69) is 26.1 Å². The molecule has 1 spiro atoms. The number of nitrogens with one attached hydrogen (secondary N) is 1. The number of rotatable bonds is 16. The van der Waals surface area contributed by atoms with Gasteiger partial charge in [0.25, 0.3) is 0 Å². The first kappa shape index (κ1) is 67.8. The van der Waals surface area contributed by atoms with Crippen LogP contribution in [0.3, 0.4) is 0 Å². The minimum Gasteiger partial charge on any atom is -0.458 e. The predicted octanol–water partition coefficient (Wildman–Crippen LogP) is -6.36. The second-order valence-electron chi connectivity index (χ2n) is 27.5. The van der Waals surface area contributed by atoms with Crippen molar-refractivity contribution in [2.75, 3.05) is 46.2 Å². The molecule has 11 aliphatic rings. The summed E-state index contributed by atoms with van der Waals surface area (Å²) in [5.74, 6) is 0.879. The molecule has 11 fully saturated rings. The largest absolute Gasteiger partial charge is 0.458 e. The van der Waals surface area contributed by atoms with Crippen LogP contribution in [0.4, 0.5) is 0 Å². The summed E-state index contributed by atoms with van der Waals surface area (Å²) in [6, 6.07) is 0. The molecule has 4 saturated carbocycles. The van der Waals surface area contributed by atoms with Crippen molar-refractivity contribution in [3.63, 3.8) is 0 Å². The van der Waals surface area contributed by atoms with Gasteiger partial charge in [-0.05, 0) is 104 Å². The first-order chi connectivity index (χ1) is 41.8. The van der Waals surface area contributed by atoms with Gasteiger partial charge in [-0.15, -0.1) is 0 Å². The van der Waals surface area contributed by atoms with Crippen molar-refractivity contribution in [2.45, 2.75) is 257 Å². The van der Waals surface area contributed by atoms with Crippen molar-refractivity contribution in [1.82, 2.24) is 5.32 Å². The maximum Gasteiger partial charge on any atom is 0.303 e. The number of hydrogen-bond donors (Lipinski definition) is 17. The Labute approximate surface area is 508 Å².